The standard InChI is InChI=1S/C7H12N2O2/c1-5(2)6(4-8)11-7(10)9-3/h5-6H,1-3H3,(H,9,10). The molecule has 62 valence electrons. The van der Waals surface area contributed by atoms with E-state index in [1.54, 1.807) is 0 Å². The van der Waals surface area contributed by atoms with E-state index in [-0.39, 0.29) is 5.92 Å². The number of rotatable bonds is 2. The van der Waals surface area contributed by atoms with E-state index in [4.69, 9.17) is 10.00 Å². The van der Waals surface area contributed by atoms with Crippen molar-refractivity contribution in [1.82, 2.24) is 5.32 Å². The Labute approximate surface area is 66.1 Å². The molecule has 0 aliphatic heterocycles. The summed E-state index contributed by atoms with van der Waals surface area (Å²) in [4.78, 5) is 10.6. The van der Waals surface area contributed by atoms with Crippen molar-refractivity contribution in [3.8, 4) is 6.07 Å². The Morgan fingerprint density at radius 1 is 1.64 bits per heavy atom. The predicted molar refractivity (Wildman–Crippen MR) is 39.8 cm³/mol. The Kier molecular flexibility index (Phi) is 4.04. The monoisotopic (exact) mass is 156 g/mol. The third-order valence-corrected chi connectivity index (χ3v) is 1.17. The third-order valence-electron chi connectivity index (χ3n) is 1.17. The van der Waals surface area contributed by atoms with Crippen molar-refractivity contribution in [2.75, 3.05) is 7.05 Å². The van der Waals surface area contributed by atoms with Gasteiger partial charge < -0.3 is 10.1 Å². The maximum absolute atomic E-state index is 10.6. The van der Waals surface area contributed by atoms with E-state index in [2.05, 4.69) is 5.32 Å². The average molecular weight is 156 g/mol. The highest BCUT2D eigenvalue weighted by molar-refractivity contribution is 5.67. The van der Waals surface area contributed by atoms with Gasteiger partial charge in [0, 0.05) is 13.0 Å². The molecule has 1 unspecified atom stereocenters. The molecular weight excluding hydrogens is 144 g/mol. The maximum Gasteiger partial charge on any atom is 0.408 e. The molecule has 0 radical (unpaired) electrons. The van der Waals surface area contributed by atoms with Crippen LogP contribution in [0.4, 0.5) is 4.79 Å². The minimum atomic E-state index is -0.657. The van der Waals surface area contributed by atoms with Gasteiger partial charge in [-0.1, -0.05) is 13.8 Å². The molecule has 0 rings (SSSR count). The minimum absolute atomic E-state index is 0.0253. The molecule has 1 amide bonds. The third kappa shape index (κ3) is 3.46. The smallest absolute Gasteiger partial charge is 0.408 e. The number of ether oxygens (including phenoxy) is 1. The van der Waals surface area contributed by atoms with Crippen molar-refractivity contribution >= 4 is 6.09 Å². The number of nitrogens with zero attached hydrogens (tertiary/aromatic N) is 1. The van der Waals surface area contributed by atoms with Crippen LogP contribution in [-0.2, 0) is 4.74 Å². The van der Waals surface area contributed by atoms with Crippen molar-refractivity contribution < 1.29 is 9.53 Å². The van der Waals surface area contributed by atoms with Crippen LogP contribution in [0.25, 0.3) is 0 Å². The van der Waals surface area contributed by atoms with E-state index < -0.39 is 12.2 Å². The largest absolute Gasteiger partial charge is 0.431 e. The van der Waals surface area contributed by atoms with Gasteiger partial charge in [0.25, 0.3) is 0 Å². The second-order valence-corrected chi connectivity index (χ2v) is 2.45. The zero-order valence-electron chi connectivity index (χ0n) is 6.92. The van der Waals surface area contributed by atoms with Gasteiger partial charge in [0.05, 0.1) is 0 Å². The van der Waals surface area contributed by atoms with Crippen molar-refractivity contribution in [2.24, 2.45) is 5.92 Å². The molecule has 0 aliphatic rings. The summed E-state index contributed by atoms with van der Waals surface area (Å²) < 4.78 is 4.70. The molecule has 0 spiro atoms. The van der Waals surface area contributed by atoms with Gasteiger partial charge in [-0.25, -0.2) is 4.79 Å². The van der Waals surface area contributed by atoms with E-state index in [0.717, 1.165) is 0 Å². The van der Waals surface area contributed by atoms with Gasteiger partial charge in [0.2, 0.25) is 0 Å². The number of nitriles is 1. The topological polar surface area (TPSA) is 62.1 Å². The first-order valence-electron chi connectivity index (χ1n) is 3.39. The molecule has 0 saturated heterocycles. The fourth-order valence-corrected chi connectivity index (χ4v) is 0.486. The molecule has 0 saturated carbocycles. The lowest BCUT2D eigenvalue weighted by Crippen LogP contribution is -2.28. The van der Waals surface area contributed by atoms with Gasteiger partial charge >= 0.3 is 6.09 Å². The molecule has 1 N–H and O–H groups in total. The lowest BCUT2D eigenvalue weighted by atomic mass is 10.1. The molecule has 1 atom stereocenters. The zero-order chi connectivity index (χ0) is 8.85. The summed E-state index contributed by atoms with van der Waals surface area (Å²) in [5.41, 5.74) is 0. The minimum Gasteiger partial charge on any atom is -0.431 e. The van der Waals surface area contributed by atoms with E-state index in [1.807, 2.05) is 19.9 Å². The predicted octanol–water partition coefficient (Wildman–Crippen LogP) is 0.891. The number of carbonyl (C=O) groups is 1. The van der Waals surface area contributed by atoms with Gasteiger partial charge in [0.1, 0.15) is 6.07 Å². The quantitative estimate of drug-likeness (QED) is 0.645. The first-order valence-corrected chi connectivity index (χ1v) is 3.39. The second-order valence-electron chi connectivity index (χ2n) is 2.45. The van der Waals surface area contributed by atoms with Crippen LogP contribution in [0.5, 0.6) is 0 Å². The lowest BCUT2D eigenvalue weighted by Gasteiger charge is -2.12. The highest BCUT2D eigenvalue weighted by Crippen LogP contribution is 2.04. The summed E-state index contributed by atoms with van der Waals surface area (Å²) in [6.07, 6.45) is -1.22. The van der Waals surface area contributed by atoms with Gasteiger partial charge in [-0.2, -0.15) is 5.26 Å². The van der Waals surface area contributed by atoms with Gasteiger partial charge in [-0.15, -0.1) is 0 Å². The Bertz CT molecular complexity index is 172. The molecule has 0 aromatic rings. The molecule has 0 heterocycles. The molecule has 0 fully saturated rings. The highest BCUT2D eigenvalue weighted by Gasteiger charge is 2.15. The van der Waals surface area contributed by atoms with E-state index in [1.165, 1.54) is 7.05 Å². The van der Waals surface area contributed by atoms with Gasteiger partial charge in [-0.3, -0.25) is 0 Å². The SMILES string of the molecule is CNC(=O)OC(C#N)C(C)C. The number of carbonyl (C=O) groups excluding carboxylic acids is 1. The summed E-state index contributed by atoms with van der Waals surface area (Å²) in [6, 6.07) is 1.88. The first kappa shape index (κ1) is 9.76. The second kappa shape index (κ2) is 4.56. The summed E-state index contributed by atoms with van der Waals surface area (Å²) >= 11 is 0. The van der Waals surface area contributed by atoms with Crippen LogP contribution in [0.1, 0.15) is 13.8 Å². The zero-order valence-corrected chi connectivity index (χ0v) is 6.92. The Hall–Kier alpha value is -1.24. The Morgan fingerprint density at radius 2 is 2.18 bits per heavy atom. The van der Waals surface area contributed by atoms with Gasteiger partial charge in [0.15, 0.2) is 6.10 Å². The van der Waals surface area contributed by atoms with Crippen LogP contribution in [0.3, 0.4) is 0 Å². The molecule has 0 aromatic carbocycles. The van der Waals surface area contributed by atoms with Crippen LogP contribution < -0.4 is 5.32 Å². The van der Waals surface area contributed by atoms with Crippen molar-refractivity contribution in [1.29, 1.82) is 5.26 Å². The fraction of sp³-hybridized carbons (Fsp3) is 0.714. The molecular formula is C7H12N2O2. The maximum atomic E-state index is 10.6. The highest BCUT2D eigenvalue weighted by atomic mass is 16.6. The lowest BCUT2D eigenvalue weighted by molar-refractivity contribution is 0.103. The summed E-state index contributed by atoms with van der Waals surface area (Å²) in [5, 5.41) is 10.8. The van der Waals surface area contributed by atoms with E-state index in [9.17, 15) is 4.79 Å². The van der Waals surface area contributed by atoms with Crippen LogP contribution >= 0.6 is 0 Å². The number of hydrogen-bond donors (Lipinski definition) is 1. The van der Waals surface area contributed by atoms with Crippen LogP contribution in [0, 0.1) is 17.2 Å². The molecule has 11 heavy (non-hydrogen) atoms. The molecule has 4 nitrogen and oxygen atoms in total. The average Bonchev–Trinajstić information content (AvgIpc) is 1.99. The molecule has 0 aliphatic carbocycles. The van der Waals surface area contributed by atoms with Crippen molar-refractivity contribution in [2.45, 2.75) is 20.0 Å². The number of nitrogens with one attached hydrogen (secondary N) is 1. The van der Waals surface area contributed by atoms with Crippen molar-refractivity contribution in [3.05, 3.63) is 0 Å². The molecule has 0 bridgehead atoms. The first-order chi connectivity index (χ1) is 5.11. The van der Waals surface area contributed by atoms with Crippen LogP contribution in [0.2, 0.25) is 0 Å². The Balaban J connectivity index is 3.91. The molecule has 0 aromatic heterocycles. The number of amides is 1. The fourth-order valence-electron chi connectivity index (χ4n) is 0.486. The summed E-state index contributed by atoms with van der Waals surface area (Å²) in [5.74, 6) is 0.0253. The number of alkyl carbamates (subject to hydrolysis) is 1. The normalized spacial score (nSPS) is 11.9. The van der Waals surface area contributed by atoms with E-state index >= 15 is 0 Å². The van der Waals surface area contributed by atoms with Crippen LogP contribution in [-0.4, -0.2) is 19.2 Å². The van der Waals surface area contributed by atoms with E-state index in [0.29, 0.717) is 0 Å². The number of hydrogen-bond acceptors (Lipinski definition) is 3. The Morgan fingerprint density at radius 3 is 2.45 bits per heavy atom. The van der Waals surface area contributed by atoms with Crippen molar-refractivity contribution in [3.63, 3.8) is 0 Å². The summed E-state index contributed by atoms with van der Waals surface area (Å²) in [7, 11) is 1.46. The van der Waals surface area contributed by atoms with Crippen LogP contribution in [0.15, 0.2) is 0 Å². The van der Waals surface area contributed by atoms with Gasteiger partial charge in [-0.05, 0) is 0 Å². The molecule has 4 heteroatoms. The summed E-state index contributed by atoms with van der Waals surface area (Å²) in [6.45, 7) is 3.63.